The molecule has 0 aliphatic carbocycles. The van der Waals surface area contributed by atoms with Crippen LogP contribution in [0.1, 0.15) is 9.67 Å². The number of carboxylic acid groups (broad SMARTS) is 1. The molecule has 0 bridgehead atoms. The second kappa shape index (κ2) is 3.70. The highest BCUT2D eigenvalue weighted by Gasteiger charge is 2.14. The molecule has 0 saturated carbocycles. The van der Waals surface area contributed by atoms with Crippen molar-refractivity contribution in [2.45, 2.75) is 0 Å². The molecule has 0 fully saturated rings. The monoisotopic (exact) mass is 225 g/mol. The van der Waals surface area contributed by atoms with E-state index in [0.717, 1.165) is 11.3 Å². The molecule has 78 valence electrons. The highest BCUT2D eigenvalue weighted by Crippen LogP contribution is 2.27. The fourth-order valence-corrected chi connectivity index (χ4v) is 1.71. The fourth-order valence-electron chi connectivity index (χ4n) is 0.988. The van der Waals surface area contributed by atoms with Crippen LogP contribution in [-0.4, -0.2) is 28.1 Å². The topological polar surface area (TPSA) is 79.5 Å². The zero-order chi connectivity index (χ0) is 10.8. The van der Waals surface area contributed by atoms with Gasteiger partial charge in [0.25, 0.3) is 0 Å². The molecule has 0 saturated heterocycles. The van der Waals surface area contributed by atoms with Crippen LogP contribution >= 0.6 is 11.3 Å². The van der Waals surface area contributed by atoms with E-state index in [0.29, 0.717) is 11.0 Å². The summed E-state index contributed by atoms with van der Waals surface area (Å²) < 4.78 is 5.05. The van der Waals surface area contributed by atoms with Crippen molar-refractivity contribution < 1.29 is 14.3 Å². The first kappa shape index (κ1) is 9.66. The fraction of sp³-hybridized carbons (Fsp3) is 0.125. The molecule has 0 aliphatic rings. The summed E-state index contributed by atoms with van der Waals surface area (Å²) in [5.41, 5.74) is 0. The average molecular weight is 225 g/mol. The quantitative estimate of drug-likeness (QED) is 0.854. The van der Waals surface area contributed by atoms with Gasteiger partial charge in [0.1, 0.15) is 4.88 Å². The summed E-state index contributed by atoms with van der Waals surface area (Å²) in [5, 5.41) is 9.27. The maximum Gasteiger partial charge on any atom is 0.347 e. The minimum absolute atomic E-state index is 0.191. The summed E-state index contributed by atoms with van der Waals surface area (Å²) in [6, 6.07) is 0. The lowest BCUT2D eigenvalue weighted by atomic mass is 10.6. The van der Waals surface area contributed by atoms with Crippen molar-refractivity contribution in [3.05, 3.63) is 23.7 Å². The van der Waals surface area contributed by atoms with Gasteiger partial charge in [-0.05, 0) is 0 Å². The number of rotatable bonds is 3. The molecule has 2 aromatic heterocycles. The van der Waals surface area contributed by atoms with Crippen molar-refractivity contribution in [1.29, 1.82) is 0 Å². The van der Waals surface area contributed by atoms with Gasteiger partial charge in [0.05, 0.1) is 12.4 Å². The molecule has 0 atom stereocenters. The first-order valence-electron chi connectivity index (χ1n) is 4.00. The predicted octanol–water partition coefficient (Wildman–Crippen LogP) is 1.60. The molecule has 2 rings (SSSR count). The molecule has 0 unspecified atom stereocenters. The van der Waals surface area contributed by atoms with Crippen molar-refractivity contribution in [3.8, 4) is 0 Å². The lowest BCUT2D eigenvalue weighted by Gasteiger charge is -2.09. The van der Waals surface area contributed by atoms with Crippen LogP contribution in [0.3, 0.4) is 0 Å². The molecule has 6 nitrogen and oxygen atoms in total. The number of carbonyl (C=O) groups is 1. The lowest BCUT2D eigenvalue weighted by molar-refractivity contribution is 0.0702. The maximum atomic E-state index is 10.6. The molecule has 1 N–H and O–H groups in total. The lowest BCUT2D eigenvalue weighted by Crippen LogP contribution is -2.07. The van der Waals surface area contributed by atoms with Gasteiger partial charge in [0.15, 0.2) is 11.5 Å². The Kier molecular flexibility index (Phi) is 2.38. The molecule has 2 aromatic rings. The van der Waals surface area contributed by atoms with Crippen molar-refractivity contribution in [3.63, 3.8) is 0 Å². The normalized spacial score (nSPS) is 10.2. The van der Waals surface area contributed by atoms with Crippen LogP contribution in [0.4, 0.5) is 11.0 Å². The van der Waals surface area contributed by atoms with E-state index in [9.17, 15) is 4.79 Å². The van der Waals surface area contributed by atoms with Crippen LogP contribution in [0, 0.1) is 0 Å². The van der Waals surface area contributed by atoms with E-state index in [4.69, 9.17) is 9.52 Å². The van der Waals surface area contributed by atoms with Gasteiger partial charge in [-0.3, -0.25) is 4.90 Å². The Balaban J connectivity index is 2.26. The molecular weight excluding hydrogens is 218 g/mol. The molecule has 0 aliphatic heterocycles. The molecule has 7 heteroatoms. The highest BCUT2D eigenvalue weighted by atomic mass is 32.1. The van der Waals surface area contributed by atoms with Gasteiger partial charge in [0, 0.05) is 7.05 Å². The van der Waals surface area contributed by atoms with Gasteiger partial charge in [-0.2, -0.15) is 0 Å². The molecule has 0 amide bonds. The summed E-state index contributed by atoms with van der Waals surface area (Å²) >= 11 is 1.07. The third kappa shape index (κ3) is 1.82. The van der Waals surface area contributed by atoms with E-state index in [1.165, 1.54) is 18.8 Å². The smallest absolute Gasteiger partial charge is 0.347 e. The minimum atomic E-state index is -0.982. The van der Waals surface area contributed by atoms with E-state index >= 15 is 0 Å². The molecule has 0 radical (unpaired) electrons. The maximum absolute atomic E-state index is 10.6. The van der Waals surface area contributed by atoms with Crippen LogP contribution in [0.2, 0.25) is 0 Å². The first-order valence-corrected chi connectivity index (χ1v) is 4.81. The summed E-state index contributed by atoms with van der Waals surface area (Å²) in [6.45, 7) is 0. The zero-order valence-electron chi connectivity index (χ0n) is 7.75. The van der Waals surface area contributed by atoms with Crippen molar-refractivity contribution in [2.75, 3.05) is 11.9 Å². The van der Waals surface area contributed by atoms with E-state index in [1.54, 1.807) is 11.9 Å². The molecular formula is C8H7N3O3S. The van der Waals surface area contributed by atoms with Gasteiger partial charge in [-0.15, -0.1) is 0 Å². The van der Waals surface area contributed by atoms with E-state index < -0.39 is 5.97 Å². The van der Waals surface area contributed by atoms with Crippen LogP contribution in [0.25, 0.3) is 0 Å². The first-order chi connectivity index (χ1) is 7.18. The van der Waals surface area contributed by atoms with Crippen LogP contribution < -0.4 is 4.90 Å². The standard InChI is InChI=1S/C8H7N3O3S/c1-11(6-3-9-4-14-6)8-10-2-5(15-8)7(12)13/h2-4H,1H3,(H,12,13). The minimum Gasteiger partial charge on any atom is -0.477 e. The average Bonchev–Trinajstić information content (AvgIpc) is 2.88. The Bertz CT molecular complexity index is 465. The van der Waals surface area contributed by atoms with Crippen LogP contribution in [0.15, 0.2) is 23.2 Å². The van der Waals surface area contributed by atoms with Crippen LogP contribution in [0.5, 0.6) is 0 Å². The number of nitrogens with zero attached hydrogens (tertiary/aromatic N) is 3. The van der Waals surface area contributed by atoms with Gasteiger partial charge in [-0.25, -0.2) is 14.8 Å². The number of thiazole rings is 1. The summed E-state index contributed by atoms with van der Waals surface area (Å²) in [6.07, 6.45) is 4.15. The summed E-state index contributed by atoms with van der Waals surface area (Å²) in [4.78, 5) is 20.2. The Morgan fingerprint density at radius 3 is 2.93 bits per heavy atom. The van der Waals surface area contributed by atoms with Gasteiger partial charge < -0.3 is 9.52 Å². The zero-order valence-corrected chi connectivity index (χ0v) is 8.56. The largest absolute Gasteiger partial charge is 0.477 e. The number of oxazole rings is 1. The Morgan fingerprint density at radius 1 is 1.60 bits per heavy atom. The Labute approximate surface area is 88.8 Å². The number of carboxylic acids is 1. The molecule has 2 heterocycles. The Hall–Kier alpha value is -1.89. The highest BCUT2D eigenvalue weighted by molar-refractivity contribution is 7.17. The predicted molar refractivity (Wildman–Crippen MR) is 53.6 cm³/mol. The van der Waals surface area contributed by atoms with Gasteiger partial charge >= 0.3 is 5.97 Å². The van der Waals surface area contributed by atoms with Crippen molar-refractivity contribution in [1.82, 2.24) is 9.97 Å². The second-order valence-electron chi connectivity index (χ2n) is 2.71. The summed E-state index contributed by atoms with van der Waals surface area (Å²) in [7, 11) is 1.73. The third-order valence-corrected chi connectivity index (χ3v) is 2.80. The van der Waals surface area contributed by atoms with E-state index in [2.05, 4.69) is 9.97 Å². The van der Waals surface area contributed by atoms with Gasteiger partial charge in [-0.1, -0.05) is 11.3 Å². The van der Waals surface area contributed by atoms with Crippen LogP contribution in [-0.2, 0) is 0 Å². The van der Waals surface area contributed by atoms with Crippen molar-refractivity contribution in [2.24, 2.45) is 0 Å². The van der Waals surface area contributed by atoms with E-state index in [1.807, 2.05) is 0 Å². The number of aromatic nitrogens is 2. The number of anilines is 2. The van der Waals surface area contributed by atoms with E-state index in [-0.39, 0.29) is 4.88 Å². The number of hydrogen-bond donors (Lipinski definition) is 1. The number of hydrogen-bond acceptors (Lipinski definition) is 6. The van der Waals surface area contributed by atoms with Gasteiger partial charge in [0.2, 0.25) is 5.88 Å². The third-order valence-electron chi connectivity index (χ3n) is 1.74. The summed E-state index contributed by atoms with van der Waals surface area (Å²) in [5.74, 6) is -0.467. The Morgan fingerprint density at radius 2 is 2.40 bits per heavy atom. The van der Waals surface area contributed by atoms with Crippen molar-refractivity contribution >= 4 is 28.3 Å². The second-order valence-corrected chi connectivity index (χ2v) is 3.72. The molecule has 0 aromatic carbocycles. The SMILES string of the molecule is CN(c1cnco1)c1ncc(C(=O)O)s1. The molecule has 15 heavy (non-hydrogen) atoms. The molecule has 0 spiro atoms. The number of aromatic carboxylic acids is 1.